The van der Waals surface area contributed by atoms with Gasteiger partial charge in [0, 0.05) is 49.3 Å². The Morgan fingerprint density at radius 1 is 1.13 bits per heavy atom. The van der Waals surface area contributed by atoms with Crippen molar-refractivity contribution in [2.45, 2.75) is 39.2 Å². The second kappa shape index (κ2) is 11.3. The van der Waals surface area contributed by atoms with Gasteiger partial charge in [0.2, 0.25) is 5.91 Å². The zero-order valence-corrected chi connectivity index (χ0v) is 22.3. The number of aromatic amines is 1. The van der Waals surface area contributed by atoms with E-state index in [1.54, 1.807) is 7.11 Å². The summed E-state index contributed by atoms with van der Waals surface area (Å²) in [7, 11) is 1.66. The van der Waals surface area contributed by atoms with E-state index in [1.807, 2.05) is 41.1 Å². The van der Waals surface area contributed by atoms with E-state index in [-0.39, 0.29) is 18.0 Å². The van der Waals surface area contributed by atoms with E-state index in [9.17, 15) is 9.59 Å². The Morgan fingerprint density at radius 3 is 2.68 bits per heavy atom. The third-order valence-electron chi connectivity index (χ3n) is 7.38. The Bertz CT molecular complexity index is 1310. The topological polar surface area (TPSA) is 96.1 Å². The molecule has 38 heavy (non-hydrogen) atoms. The summed E-state index contributed by atoms with van der Waals surface area (Å²) in [4.78, 5) is 32.6. The van der Waals surface area contributed by atoms with Gasteiger partial charge in [-0.05, 0) is 73.2 Å². The number of urea groups is 1. The summed E-state index contributed by atoms with van der Waals surface area (Å²) in [5, 5.41) is 3.94. The molecular formula is C29H36N4O5. The molecule has 2 aliphatic heterocycles. The lowest BCUT2D eigenvalue weighted by molar-refractivity contribution is -0.114. The van der Waals surface area contributed by atoms with Crippen LogP contribution in [-0.2, 0) is 22.4 Å². The molecule has 1 aromatic heterocycles. The average molecular weight is 521 g/mol. The molecule has 2 aliphatic rings. The van der Waals surface area contributed by atoms with Crippen molar-refractivity contribution in [3.05, 3.63) is 53.2 Å². The van der Waals surface area contributed by atoms with Crippen molar-refractivity contribution < 1.29 is 23.8 Å². The molecule has 5 rings (SSSR count). The van der Waals surface area contributed by atoms with Gasteiger partial charge >= 0.3 is 6.03 Å². The second-order valence-corrected chi connectivity index (χ2v) is 9.77. The minimum atomic E-state index is -0.109. The number of nitrogens with zero attached hydrogens (tertiary/aromatic N) is 2. The van der Waals surface area contributed by atoms with Crippen LogP contribution in [0.15, 0.2) is 36.5 Å². The van der Waals surface area contributed by atoms with Crippen molar-refractivity contribution in [2.24, 2.45) is 0 Å². The summed E-state index contributed by atoms with van der Waals surface area (Å²) >= 11 is 0. The van der Waals surface area contributed by atoms with Crippen LogP contribution in [0.1, 0.15) is 43.0 Å². The lowest BCUT2D eigenvalue weighted by Gasteiger charge is -2.41. The fraction of sp³-hybridized carbons (Fsp3) is 0.448. The molecule has 0 bridgehead atoms. The number of nitrogens with one attached hydrogen (secondary N) is 2. The van der Waals surface area contributed by atoms with Gasteiger partial charge in [-0.15, -0.1) is 0 Å². The normalized spacial score (nSPS) is 17.3. The number of ether oxygens (including phenoxy) is 3. The van der Waals surface area contributed by atoms with E-state index >= 15 is 0 Å². The van der Waals surface area contributed by atoms with E-state index < -0.39 is 0 Å². The van der Waals surface area contributed by atoms with Crippen LogP contribution in [0.5, 0.6) is 11.5 Å². The summed E-state index contributed by atoms with van der Waals surface area (Å²) in [5.74, 6) is 1.32. The van der Waals surface area contributed by atoms with Crippen molar-refractivity contribution in [1.29, 1.82) is 0 Å². The number of carbonyl (C=O) groups excluding carboxylic acids is 2. The number of methoxy groups -OCH3 is 1. The molecule has 0 spiro atoms. The van der Waals surface area contributed by atoms with Crippen LogP contribution in [0.2, 0.25) is 0 Å². The predicted octanol–water partition coefficient (Wildman–Crippen LogP) is 4.52. The number of fused-ring (bicyclic) bond motifs is 2. The zero-order valence-electron chi connectivity index (χ0n) is 22.3. The van der Waals surface area contributed by atoms with Crippen molar-refractivity contribution >= 4 is 28.5 Å². The van der Waals surface area contributed by atoms with Crippen LogP contribution in [0.3, 0.4) is 0 Å². The van der Waals surface area contributed by atoms with Crippen molar-refractivity contribution in [3.63, 3.8) is 0 Å². The highest BCUT2D eigenvalue weighted by Crippen LogP contribution is 2.41. The van der Waals surface area contributed by atoms with E-state index in [0.717, 1.165) is 52.7 Å². The molecule has 9 heteroatoms. The van der Waals surface area contributed by atoms with Gasteiger partial charge in [-0.25, -0.2) is 4.79 Å². The van der Waals surface area contributed by atoms with Gasteiger partial charge in [-0.2, -0.15) is 0 Å². The second-order valence-electron chi connectivity index (χ2n) is 9.77. The summed E-state index contributed by atoms with van der Waals surface area (Å²) in [6.07, 6.45) is 4.30. The monoisotopic (exact) mass is 520 g/mol. The number of hydrogen-bond donors (Lipinski definition) is 2. The van der Waals surface area contributed by atoms with Crippen LogP contribution in [0.25, 0.3) is 10.9 Å². The molecule has 3 amide bonds. The van der Waals surface area contributed by atoms with Gasteiger partial charge in [0.1, 0.15) is 0 Å². The largest absolute Gasteiger partial charge is 0.493 e. The van der Waals surface area contributed by atoms with Gasteiger partial charge in [0.15, 0.2) is 11.5 Å². The molecule has 2 aromatic carbocycles. The minimum absolute atomic E-state index is 0.0598. The summed E-state index contributed by atoms with van der Waals surface area (Å²) in [5.41, 5.74) is 5.24. The number of H-pyrrole nitrogens is 1. The lowest BCUT2D eigenvalue weighted by atomic mass is 9.88. The Hall–Kier alpha value is -3.72. The van der Waals surface area contributed by atoms with E-state index in [0.29, 0.717) is 45.2 Å². The molecule has 9 nitrogen and oxygen atoms in total. The number of carbonyl (C=O) groups is 2. The molecule has 1 atom stereocenters. The summed E-state index contributed by atoms with van der Waals surface area (Å²) < 4.78 is 17.0. The van der Waals surface area contributed by atoms with E-state index in [1.165, 1.54) is 12.5 Å². The summed E-state index contributed by atoms with van der Waals surface area (Å²) in [6.45, 7) is 6.99. The standard InChI is InChI=1S/C29H36N4O5/c1-4-38-28-17-24-20(15-27(28)36-3)9-10-33(29(35)32-11-13-37-14-12-32)26(24)8-5-21-18-30-25-7-6-22(16-23(21)25)31-19(2)34/h6-7,15-18,26,30H,4-5,8-14H2,1-3H3,(H,31,34). The van der Waals surface area contributed by atoms with Crippen molar-refractivity contribution in [1.82, 2.24) is 14.8 Å². The Balaban J connectivity index is 1.47. The Morgan fingerprint density at radius 2 is 1.95 bits per heavy atom. The van der Waals surface area contributed by atoms with Crippen molar-refractivity contribution in [2.75, 3.05) is 51.9 Å². The molecule has 1 unspecified atom stereocenters. The number of benzene rings is 2. The lowest BCUT2D eigenvalue weighted by Crippen LogP contribution is -2.51. The van der Waals surface area contributed by atoms with E-state index in [4.69, 9.17) is 14.2 Å². The highest BCUT2D eigenvalue weighted by molar-refractivity contribution is 5.93. The number of anilines is 1. The average Bonchev–Trinajstić information content (AvgIpc) is 3.33. The van der Waals surface area contributed by atoms with Crippen molar-refractivity contribution in [3.8, 4) is 11.5 Å². The van der Waals surface area contributed by atoms with Crippen LogP contribution in [0.4, 0.5) is 10.5 Å². The number of rotatable bonds is 7. The number of aryl methyl sites for hydroxylation is 1. The first-order chi connectivity index (χ1) is 18.5. The van der Waals surface area contributed by atoms with Gasteiger partial charge < -0.3 is 34.3 Å². The quantitative estimate of drug-likeness (QED) is 0.478. The van der Waals surface area contributed by atoms with Gasteiger partial charge in [0.05, 0.1) is 33.0 Å². The highest BCUT2D eigenvalue weighted by atomic mass is 16.5. The molecule has 2 N–H and O–H groups in total. The van der Waals surface area contributed by atoms with Crippen LogP contribution >= 0.6 is 0 Å². The molecule has 0 aliphatic carbocycles. The number of amides is 3. The van der Waals surface area contributed by atoms with Gasteiger partial charge in [-0.3, -0.25) is 4.79 Å². The molecular weight excluding hydrogens is 484 g/mol. The first-order valence-electron chi connectivity index (χ1n) is 13.3. The SMILES string of the molecule is CCOc1cc2c(cc1OC)CCN(C(=O)N1CCOCC1)C2CCc1c[nH]c2ccc(NC(C)=O)cc12. The molecule has 3 aromatic rings. The van der Waals surface area contributed by atoms with E-state index in [2.05, 4.69) is 22.4 Å². The molecule has 0 saturated carbocycles. The maximum absolute atomic E-state index is 13.7. The predicted molar refractivity (Wildman–Crippen MR) is 146 cm³/mol. The fourth-order valence-corrected chi connectivity index (χ4v) is 5.57. The first kappa shape index (κ1) is 25.9. The third kappa shape index (κ3) is 5.29. The molecule has 0 radical (unpaired) electrons. The number of morpholine rings is 1. The molecule has 1 saturated heterocycles. The van der Waals surface area contributed by atoms with Crippen LogP contribution in [0, 0.1) is 0 Å². The minimum Gasteiger partial charge on any atom is -0.493 e. The van der Waals surface area contributed by atoms with Gasteiger partial charge in [0.25, 0.3) is 0 Å². The molecule has 1 fully saturated rings. The Kier molecular flexibility index (Phi) is 7.74. The number of aromatic nitrogens is 1. The van der Waals surface area contributed by atoms with Crippen LogP contribution < -0.4 is 14.8 Å². The fourth-order valence-electron chi connectivity index (χ4n) is 5.57. The third-order valence-corrected chi connectivity index (χ3v) is 7.38. The van der Waals surface area contributed by atoms with Gasteiger partial charge in [-0.1, -0.05) is 0 Å². The van der Waals surface area contributed by atoms with Crippen LogP contribution in [-0.4, -0.2) is 73.3 Å². The molecule has 202 valence electrons. The smallest absolute Gasteiger partial charge is 0.320 e. The highest BCUT2D eigenvalue weighted by Gasteiger charge is 2.35. The number of hydrogen-bond acceptors (Lipinski definition) is 5. The Labute approximate surface area is 223 Å². The maximum atomic E-state index is 13.7. The first-order valence-corrected chi connectivity index (χ1v) is 13.3. The maximum Gasteiger partial charge on any atom is 0.320 e. The zero-order chi connectivity index (χ0) is 26.6. The molecule has 3 heterocycles. The summed E-state index contributed by atoms with van der Waals surface area (Å²) in [6, 6.07) is 9.96.